The van der Waals surface area contributed by atoms with Crippen LogP contribution in [0.1, 0.15) is 34.1 Å². The van der Waals surface area contributed by atoms with Gasteiger partial charge in [0.2, 0.25) is 5.91 Å². The normalized spacial score (nSPS) is 11.1. The topological polar surface area (TPSA) is 46.3 Å². The summed E-state index contributed by atoms with van der Waals surface area (Å²) in [6, 6.07) is 0. The summed E-state index contributed by atoms with van der Waals surface area (Å²) in [6.45, 7) is 10.7. The molecule has 0 unspecified atom stereocenters. The first-order valence-corrected chi connectivity index (χ1v) is 5.45. The van der Waals surface area contributed by atoms with Gasteiger partial charge in [-0.25, -0.2) is 0 Å². The summed E-state index contributed by atoms with van der Waals surface area (Å²) in [5.74, 6) is 1.24. The molecule has 1 amide bonds. The quantitative estimate of drug-likeness (QED) is 0.706. The first-order chi connectivity index (χ1) is 6.47. The second-order valence-electron chi connectivity index (χ2n) is 4.63. The average Bonchev–Trinajstić information content (AvgIpc) is 2.01. The van der Waals surface area contributed by atoms with Crippen LogP contribution in [-0.4, -0.2) is 30.4 Å². The predicted octanol–water partition coefficient (Wildman–Crippen LogP) is 1.48. The lowest BCUT2D eigenvalue weighted by Gasteiger charge is -2.26. The van der Waals surface area contributed by atoms with Gasteiger partial charge in [0.25, 0.3) is 0 Å². The number of carbonyl (C=O) groups excluding carboxylic acids is 1. The summed E-state index contributed by atoms with van der Waals surface area (Å²) in [5, 5.41) is 0. The zero-order valence-electron chi connectivity index (χ0n) is 9.92. The molecule has 0 rings (SSSR count). The molecule has 0 aromatic rings. The van der Waals surface area contributed by atoms with Crippen molar-refractivity contribution in [2.75, 3.05) is 19.6 Å². The van der Waals surface area contributed by atoms with Crippen LogP contribution in [0.25, 0.3) is 0 Å². The van der Waals surface area contributed by atoms with E-state index in [1.54, 1.807) is 0 Å². The molecule has 3 heteroatoms. The first kappa shape index (κ1) is 13.4. The Morgan fingerprint density at radius 1 is 1.14 bits per heavy atom. The number of nitrogens with zero attached hydrogens (tertiary/aromatic N) is 1. The fourth-order valence-corrected chi connectivity index (χ4v) is 1.44. The van der Waals surface area contributed by atoms with Crippen LogP contribution in [0.15, 0.2) is 0 Å². The number of rotatable bonds is 6. The summed E-state index contributed by atoms with van der Waals surface area (Å²) in [4.78, 5) is 13.6. The zero-order chi connectivity index (χ0) is 11.1. The molecule has 0 atom stereocenters. The lowest BCUT2D eigenvalue weighted by Crippen LogP contribution is -2.37. The van der Waals surface area contributed by atoms with Gasteiger partial charge in [-0.2, -0.15) is 0 Å². The molecule has 84 valence electrons. The number of hydrogen-bond donors (Lipinski definition) is 1. The third kappa shape index (κ3) is 5.97. The fraction of sp³-hybridized carbons (Fsp3) is 0.909. The van der Waals surface area contributed by atoms with Crippen LogP contribution in [0.4, 0.5) is 0 Å². The highest BCUT2D eigenvalue weighted by Gasteiger charge is 2.14. The SMILES string of the molecule is CC(C)CN(CC(C)C)C(=O)CCN. The van der Waals surface area contributed by atoms with Crippen LogP contribution < -0.4 is 5.73 Å². The minimum absolute atomic E-state index is 0.190. The first-order valence-electron chi connectivity index (χ1n) is 5.45. The van der Waals surface area contributed by atoms with E-state index in [1.165, 1.54) is 0 Å². The number of amides is 1. The molecule has 0 spiro atoms. The fourth-order valence-electron chi connectivity index (χ4n) is 1.44. The van der Waals surface area contributed by atoms with Gasteiger partial charge in [0.15, 0.2) is 0 Å². The van der Waals surface area contributed by atoms with Gasteiger partial charge in [-0.1, -0.05) is 27.7 Å². The lowest BCUT2D eigenvalue weighted by atomic mass is 10.1. The minimum atomic E-state index is 0.190. The Labute approximate surface area is 87.6 Å². The highest BCUT2D eigenvalue weighted by Crippen LogP contribution is 2.05. The van der Waals surface area contributed by atoms with E-state index < -0.39 is 0 Å². The van der Waals surface area contributed by atoms with Gasteiger partial charge < -0.3 is 10.6 Å². The lowest BCUT2D eigenvalue weighted by molar-refractivity contribution is -0.132. The highest BCUT2D eigenvalue weighted by atomic mass is 16.2. The van der Waals surface area contributed by atoms with Crippen molar-refractivity contribution in [2.45, 2.75) is 34.1 Å². The Hall–Kier alpha value is -0.570. The van der Waals surface area contributed by atoms with Crippen molar-refractivity contribution in [3.63, 3.8) is 0 Å². The Morgan fingerprint density at radius 2 is 1.57 bits per heavy atom. The van der Waals surface area contributed by atoms with Crippen molar-refractivity contribution in [1.82, 2.24) is 4.90 Å². The molecule has 0 fully saturated rings. The van der Waals surface area contributed by atoms with Gasteiger partial charge in [-0.3, -0.25) is 4.79 Å². The number of carbonyl (C=O) groups is 1. The Morgan fingerprint density at radius 3 is 1.86 bits per heavy atom. The Balaban J connectivity index is 4.15. The smallest absolute Gasteiger partial charge is 0.223 e. The van der Waals surface area contributed by atoms with Gasteiger partial charge in [0.1, 0.15) is 0 Å². The maximum absolute atomic E-state index is 11.7. The maximum Gasteiger partial charge on any atom is 0.223 e. The summed E-state index contributed by atoms with van der Waals surface area (Å²) in [7, 11) is 0. The molecular formula is C11H24N2O. The van der Waals surface area contributed by atoms with E-state index in [1.807, 2.05) is 4.90 Å². The molecular weight excluding hydrogens is 176 g/mol. The van der Waals surface area contributed by atoms with Gasteiger partial charge in [0, 0.05) is 26.1 Å². The van der Waals surface area contributed by atoms with Crippen LogP contribution in [0, 0.1) is 11.8 Å². The monoisotopic (exact) mass is 200 g/mol. The van der Waals surface area contributed by atoms with Gasteiger partial charge in [-0.05, 0) is 11.8 Å². The van der Waals surface area contributed by atoms with Gasteiger partial charge in [0.05, 0.1) is 0 Å². The molecule has 0 aliphatic rings. The average molecular weight is 200 g/mol. The third-order valence-corrected chi connectivity index (χ3v) is 1.88. The number of nitrogens with two attached hydrogens (primary N) is 1. The molecule has 3 nitrogen and oxygen atoms in total. The molecule has 0 aliphatic heterocycles. The Bertz CT molecular complexity index is 157. The van der Waals surface area contributed by atoms with Crippen LogP contribution in [0.3, 0.4) is 0 Å². The van der Waals surface area contributed by atoms with Crippen molar-refractivity contribution in [3.8, 4) is 0 Å². The van der Waals surface area contributed by atoms with E-state index in [0.717, 1.165) is 13.1 Å². The standard InChI is InChI=1S/C11H24N2O/c1-9(2)7-13(8-10(3)4)11(14)5-6-12/h9-10H,5-8,12H2,1-4H3. The van der Waals surface area contributed by atoms with E-state index >= 15 is 0 Å². The van der Waals surface area contributed by atoms with E-state index in [4.69, 9.17) is 5.73 Å². The van der Waals surface area contributed by atoms with Crippen molar-refractivity contribution in [2.24, 2.45) is 17.6 Å². The molecule has 0 aromatic carbocycles. The van der Waals surface area contributed by atoms with Crippen molar-refractivity contribution in [1.29, 1.82) is 0 Å². The highest BCUT2D eigenvalue weighted by molar-refractivity contribution is 5.76. The molecule has 0 bridgehead atoms. The molecule has 2 N–H and O–H groups in total. The molecule has 0 saturated heterocycles. The van der Waals surface area contributed by atoms with Gasteiger partial charge in [-0.15, -0.1) is 0 Å². The van der Waals surface area contributed by atoms with Crippen LogP contribution in [0.2, 0.25) is 0 Å². The summed E-state index contributed by atoms with van der Waals surface area (Å²) < 4.78 is 0. The van der Waals surface area contributed by atoms with Crippen molar-refractivity contribution in [3.05, 3.63) is 0 Å². The zero-order valence-corrected chi connectivity index (χ0v) is 9.92. The summed E-state index contributed by atoms with van der Waals surface area (Å²) >= 11 is 0. The van der Waals surface area contributed by atoms with E-state index in [0.29, 0.717) is 24.8 Å². The Kier molecular flexibility index (Phi) is 6.54. The van der Waals surface area contributed by atoms with Gasteiger partial charge >= 0.3 is 0 Å². The van der Waals surface area contributed by atoms with Crippen LogP contribution >= 0.6 is 0 Å². The van der Waals surface area contributed by atoms with E-state index in [-0.39, 0.29) is 5.91 Å². The van der Waals surface area contributed by atoms with Crippen molar-refractivity contribution < 1.29 is 4.79 Å². The van der Waals surface area contributed by atoms with Crippen LogP contribution in [-0.2, 0) is 4.79 Å². The summed E-state index contributed by atoms with van der Waals surface area (Å²) in [5.41, 5.74) is 5.38. The molecule has 14 heavy (non-hydrogen) atoms. The van der Waals surface area contributed by atoms with E-state index in [9.17, 15) is 4.79 Å². The molecule has 0 aliphatic carbocycles. The molecule has 0 radical (unpaired) electrons. The predicted molar refractivity (Wildman–Crippen MR) is 59.9 cm³/mol. The second kappa shape index (κ2) is 6.82. The van der Waals surface area contributed by atoms with Crippen molar-refractivity contribution >= 4 is 5.91 Å². The molecule has 0 aromatic heterocycles. The third-order valence-electron chi connectivity index (χ3n) is 1.88. The maximum atomic E-state index is 11.7. The van der Waals surface area contributed by atoms with Crippen LogP contribution in [0.5, 0.6) is 0 Å². The minimum Gasteiger partial charge on any atom is -0.342 e. The molecule has 0 heterocycles. The van der Waals surface area contributed by atoms with E-state index in [2.05, 4.69) is 27.7 Å². The summed E-state index contributed by atoms with van der Waals surface area (Å²) in [6.07, 6.45) is 0.472. The number of hydrogen-bond acceptors (Lipinski definition) is 2. The second-order valence-corrected chi connectivity index (χ2v) is 4.63. The molecule has 0 saturated carbocycles. The largest absolute Gasteiger partial charge is 0.342 e.